The first-order valence-electron chi connectivity index (χ1n) is 9.30. The SMILES string of the molecule is COC(=O)CC(CC1CCCCC1)c1cnc2c(c1)CCCC2. The van der Waals surface area contributed by atoms with E-state index in [-0.39, 0.29) is 11.9 Å². The molecule has 0 aromatic carbocycles. The van der Waals surface area contributed by atoms with Crippen LogP contribution in [0.15, 0.2) is 12.3 Å². The first-order valence-corrected chi connectivity index (χ1v) is 9.30. The highest BCUT2D eigenvalue weighted by Gasteiger charge is 2.24. The van der Waals surface area contributed by atoms with Crippen LogP contribution in [-0.4, -0.2) is 18.1 Å². The molecule has 2 aliphatic rings. The molecule has 1 heterocycles. The van der Waals surface area contributed by atoms with Gasteiger partial charge in [0.05, 0.1) is 13.5 Å². The molecule has 1 aromatic heterocycles. The van der Waals surface area contributed by atoms with E-state index in [0.717, 1.165) is 25.2 Å². The molecule has 23 heavy (non-hydrogen) atoms. The van der Waals surface area contributed by atoms with Gasteiger partial charge in [0, 0.05) is 11.9 Å². The van der Waals surface area contributed by atoms with Crippen LogP contribution in [0.1, 0.15) is 80.5 Å². The number of aryl methyl sites for hydroxylation is 2. The van der Waals surface area contributed by atoms with Crippen molar-refractivity contribution in [2.24, 2.45) is 5.92 Å². The zero-order chi connectivity index (χ0) is 16.1. The Kier molecular flexibility index (Phi) is 5.69. The van der Waals surface area contributed by atoms with Crippen LogP contribution < -0.4 is 0 Å². The lowest BCUT2D eigenvalue weighted by Gasteiger charge is -2.27. The number of hydrogen-bond acceptors (Lipinski definition) is 3. The van der Waals surface area contributed by atoms with E-state index in [4.69, 9.17) is 9.72 Å². The molecule has 2 aliphatic carbocycles. The maximum Gasteiger partial charge on any atom is 0.306 e. The summed E-state index contributed by atoms with van der Waals surface area (Å²) in [6, 6.07) is 2.33. The summed E-state index contributed by atoms with van der Waals surface area (Å²) in [5, 5.41) is 0. The number of aromatic nitrogens is 1. The summed E-state index contributed by atoms with van der Waals surface area (Å²) in [4.78, 5) is 16.6. The van der Waals surface area contributed by atoms with Crippen molar-refractivity contribution in [2.45, 2.75) is 76.5 Å². The van der Waals surface area contributed by atoms with Gasteiger partial charge in [0.15, 0.2) is 0 Å². The number of rotatable bonds is 5. The Balaban J connectivity index is 1.77. The van der Waals surface area contributed by atoms with Gasteiger partial charge < -0.3 is 4.74 Å². The van der Waals surface area contributed by atoms with Crippen LogP contribution >= 0.6 is 0 Å². The number of carbonyl (C=O) groups excluding carboxylic acids is 1. The minimum atomic E-state index is -0.0940. The number of pyridine rings is 1. The van der Waals surface area contributed by atoms with Crippen molar-refractivity contribution >= 4 is 5.97 Å². The smallest absolute Gasteiger partial charge is 0.306 e. The minimum absolute atomic E-state index is 0.0940. The lowest BCUT2D eigenvalue weighted by Crippen LogP contribution is -2.16. The topological polar surface area (TPSA) is 39.2 Å². The highest BCUT2D eigenvalue weighted by atomic mass is 16.5. The Bertz CT molecular complexity index is 534. The number of fused-ring (bicyclic) bond motifs is 1. The zero-order valence-electron chi connectivity index (χ0n) is 14.4. The van der Waals surface area contributed by atoms with Crippen molar-refractivity contribution in [1.82, 2.24) is 4.98 Å². The van der Waals surface area contributed by atoms with Gasteiger partial charge in [-0.15, -0.1) is 0 Å². The summed E-state index contributed by atoms with van der Waals surface area (Å²) in [5.41, 5.74) is 3.93. The predicted octanol–water partition coefficient (Wildman–Crippen LogP) is 4.58. The number of nitrogens with zero attached hydrogens (tertiary/aromatic N) is 1. The summed E-state index contributed by atoms with van der Waals surface area (Å²) in [7, 11) is 1.49. The third-order valence-electron chi connectivity index (χ3n) is 5.65. The normalized spacial score (nSPS) is 19.9. The molecule has 3 rings (SSSR count). The fraction of sp³-hybridized carbons (Fsp3) is 0.700. The van der Waals surface area contributed by atoms with Crippen molar-refractivity contribution < 1.29 is 9.53 Å². The summed E-state index contributed by atoms with van der Waals surface area (Å²) in [6.45, 7) is 0. The Morgan fingerprint density at radius 1 is 1.22 bits per heavy atom. The van der Waals surface area contributed by atoms with Crippen LogP contribution in [0.3, 0.4) is 0 Å². The van der Waals surface area contributed by atoms with E-state index in [1.54, 1.807) is 0 Å². The first kappa shape index (κ1) is 16.5. The Labute approximate surface area is 139 Å². The molecule has 0 radical (unpaired) electrons. The van der Waals surface area contributed by atoms with Gasteiger partial charge in [-0.3, -0.25) is 9.78 Å². The average molecular weight is 315 g/mol. The number of esters is 1. The van der Waals surface area contributed by atoms with E-state index >= 15 is 0 Å². The molecule has 1 fully saturated rings. The molecule has 0 aliphatic heterocycles. The first-order chi connectivity index (χ1) is 11.3. The molecular weight excluding hydrogens is 286 g/mol. The largest absolute Gasteiger partial charge is 0.469 e. The van der Waals surface area contributed by atoms with Crippen molar-refractivity contribution in [3.05, 3.63) is 29.1 Å². The number of ether oxygens (including phenoxy) is 1. The van der Waals surface area contributed by atoms with Gasteiger partial charge in [-0.2, -0.15) is 0 Å². The van der Waals surface area contributed by atoms with Crippen LogP contribution in [0.4, 0.5) is 0 Å². The molecule has 126 valence electrons. The molecule has 1 unspecified atom stereocenters. The Morgan fingerprint density at radius 3 is 2.78 bits per heavy atom. The van der Waals surface area contributed by atoms with Crippen LogP contribution in [0.25, 0.3) is 0 Å². The summed E-state index contributed by atoms with van der Waals surface area (Å²) < 4.78 is 4.94. The average Bonchev–Trinajstić information content (AvgIpc) is 2.61. The maximum atomic E-state index is 11.9. The summed E-state index contributed by atoms with van der Waals surface area (Å²) >= 11 is 0. The zero-order valence-corrected chi connectivity index (χ0v) is 14.4. The lowest BCUT2D eigenvalue weighted by atomic mass is 9.79. The molecule has 3 nitrogen and oxygen atoms in total. The molecule has 3 heteroatoms. The van der Waals surface area contributed by atoms with Crippen LogP contribution in [0, 0.1) is 5.92 Å². The van der Waals surface area contributed by atoms with Gasteiger partial charge in [0.2, 0.25) is 0 Å². The molecule has 0 spiro atoms. The van der Waals surface area contributed by atoms with Crippen molar-refractivity contribution in [3.63, 3.8) is 0 Å². The van der Waals surface area contributed by atoms with E-state index in [9.17, 15) is 4.79 Å². The maximum absolute atomic E-state index is 11.9. The number of hydrogen-bond donors (Lipinski definition) is 0. The van der Waals surface area contributed by atoms with Crippen LogP contribution in [0.2, 0.25) is 0 Å². The molecular formula is C20H29NO2. The summed E-state index contributed by atoms with van der Waals surface area (Å²) in [6.07, 6.45) is 15.1. The second-order valence-corrected chi connectivity index (χ2v) is 7.30. The molecule has 1 saturated carbocycles. The van der Waals surface area contributed by atoms with Gasteiger partial charge in [-0.1, -0.05) is 38.2 Å². The highest BCUT2D eigenvalue weighted by molar-refractivity contribution is 5.70. The van der Waals surface area contributed by atoms with Gasteiger partial charge in [0.25, 0.3) is 0 Å². The van der Waals surface area contributed by atoms with E-state index in [1.165, 1.54) is 68.9 Å². The third kappa shape index (κ3) is 4.33. The number of carbonyl (C=O) groups is 1. The quantitative estimate of drug-likeness (QED) is 0.747. The van der Waals surface area contributed by atoms with Gasteiger partial charge in [-0.25, -0.2) is 0 Å². The second-order valence-electron chi connectivity index (χ2n) is 7.30. The van der Waals surface area contributed by atoms with E-state index < -0.39 is 0 Å². The van der Waals surface area contributed by atoms with Crippen molar-refractivity contribution in [2.75, 3.05) is 7.11 Å². The standard InChI is InChI=1S/C20H29NO2/c1-23-20(22)13-17(11-15-7-3-2-4-8-15)18-12-16-9-5-6-10-19(16)21-14-18/h12,14-15,17H,2-11,13H2,1H3. The van der Waals surface area contributed by atoms with E-state index in [2.05, 4.69) is 6.07 Å². The van der Waals surface area contributed by atoms with Crippen molar-refractivity contribution in [3.8, 4) is 0 Å². The summed E-state index contributed by atoms with van der Waals surface area (Å²) in [5.74, 6) is 0.934. The molecule has 0 saturated heterocycles. The number of methoxy groups -OCH3 is 1. The van der Waals surface area contributed by atoms with E-state index in [0.29, 0.717) is 6.42 Å². The molecule has 0 bridgehead atoms. The van der Waals surface area contributed by atoms with Crippen LogP contribution in [-0.2, 0) is 22.4 Å². The molecule has 0 amide bonds. The lowest BCUT2D eigenvalue weighted by molar-refractivity contribution is -0.141. The predicted molar refractivity (Wildman–Crippen MR) is 91.4 cm³/mol. The Morgan fingerprint density at radius 2 is 2.00 bits per heavy atom. The second kappa shape index (κ2) is 7.94. The fourth-order valence-corrected chi connectivity index (χ4v) is 4.28. The van der Waals surface area contributed by atoms with Gasteiger partial charge in [-0.05, 0) is 55.1 Å². The fourth-order valence-electron chi connectivity index (χ4n) is 4.28. The molecule has 1 atom stereocenters. The molecule has 0 N–H and O–H groups in total. The molecule has 1 aromatic rings. The third-order valence-corrected chi connectivity index (χ3v) is 5.65. The van der Waals surface area contributed by atoms with Gasteiger partial charge in [0.1, 0.15) is 0 Å². The van der Waals surface area contributed by atoms with Gasteiger partial charge >= 0.3 is 5.97 Å². The van der Waals surface area contributed by atoms with Crippen molar-refractivity contribution in [1.29, 1.82) is 0 Å². The monoisotopic (exact) mass is 315 g/mol. The highest BCUT2D eigenvalue weighted by Crippen LogP contribution is 2.35. The minimum Gasteiger partial charge on any atom is -0.469 e. The van der Waals surface area contributed by atoms with E-state index in [1.807, 2.05) is 6.20 Å². The van der Waals surface area contributed by atoms with Crippen LogP contribution in [0.5, 0.6) is 0 Å². The Hall–Kier alpha value is -1.38.